The highest BCUT2D eigenvalue weighted by atomic mass is 79.9. The van der Waals surface area contributed by atoms with E-state index in [4.69, 9.17) is 21.1 Å². The fourth-order valence-corrected chi connectivity index (χ4v) is 3.84. The second-order valence-electron chi connectivity index (χ2n) is 13.1. The maximum absolute atomic E-state index is 11.9. The van der Waals surface area contributed by atoms with Crippen molar-refractivity contribution >= 4 is 33.5 Å². The van der Waals surface area contributed by atoms with Gasteiger partial charge in [-0.3, -0.25) is 20.2 Å². The molecule has 0 spiro atoms. The molecular formula is C35H74BrN5O5. The van der Waals surface area contributed by atoms with Crippen LogP contribution in [0.3, 0.4) is 0 Å². The predicted molar refractivity (Wildman–Crippen MR) is 198 cm³/mol. The molecule has 46 heavy (non-hydrogen) atoms. The molecular weight excluding hydrogens is 650 g/mol. The second kappa shape index (κ2) is 30.6. The van der Waals surface area contributed by atoms with E-state index >= 15 is 0 Å². The molecule has 0 atom stereocenters. The zero-order valence-corrected chi connectivity index (χ0v) is 33.5. The first-order valence-corrected chi connectivity index (χ1v) is 18.3. The number of nitrogens with one attached hydrogen (secondary N) is 3. The molecule has 0 aliphatic carbocycles. The smallest absolute Gasteiger partial charge is 0.230 e. The van der Waals surface area contributed by atoms with Crippen LogP contribution in [0.15, 0.2) is 11.9 Å². The zero-order chi connectivity index (χ0) is 36.8. The minimum absolute atomic E-state index is 0.00252. The number of rotatable bonds is 22. The summed E-state index contributed by atoms with van der Waals surface area (Å²) in [5, 5.41) is 6.11. The molecule has 10 nitrogen and oxygen atoms in total. The number of halogens is 1. The Hall–Kier alpha value is -1.69. The maximum Gasteiger partial charge on any atom is 0.230 e. The van der Waals surface area contributed by atoms with Crippen LogP contribution in [0.4, 0.5) is 0 Å². The third kappa shape index (κ3) is 36.8. The number of hydrazine groups is 1. The Morgan fingerprint density at radius 1 is 0.848 bits per heavy atom. The van der Waals surface area contributed by atoms with Crippen LogP contribution < -0.4 is 27.6 Å². The van der Waals surface area contributed by atoms with Gasteiger partial charge in [0.05, 0.1) is 16.5 Å². The van der Waals surface area contributed by atoms with Crippen molar-refractivity contribution in [3.63, 3.8) is 0 Å². The van der Waals surface area contributed by atoms with Gasteiger partial charge in [0.2, 0.25) is 11.8 Å². The molecule has 11 heteroatoms. The van der Waals surface area contributed by atoms with Crippen molar-refractivity contribution in [3.8, 4) is 0 Å². The van der Waals surface area contributed by atoms with Gasteiger partial charge in [0.15, 0.2) is 0 Å². The van der Waals surface area contributed by atoms with E-state index in [0.717, 1.165) is 32.3 Å². The fourth-order valence-electron chi connectivity index (χ4n) is 3.64. The van der Waals surface area contributed by atoms with E-state index in [-0.39, 0.29) is 34.2 Å². The van der Waals surface area contributed by atoms with Crippen LogP contribution in [-0.4, -0.2) is 60.4 Å². The van der Waals surface area contributed by atoms with Gasteiger partial charge < -0.3 is 31.3 Å². The quantitative estimate of drug-likeness (QED) is 0.0349. The molecule has 0 saturated carbocycles. The van der Waals surface area contributed by atoms with E-state index in [9.17, 15) is 14.4 Å². The second-order valence-corrected chi connectivity index (χ2v) is 13.7. The lowest BCUT2D eigenvalue weighted by Gasteiger charge is -2.30. The highest BCUT2D eigenvalue weighted by Crippen LogP contribution is 2.23. The van der Waals surface area contributed by atoms with Crippen molar-refractivity contribution in [1.29, 1.82) is 0 Å². The number of ether oxygens (including phenoxy) is 2. The summed E-state index contributed by atoms with van der Waals surface area (Å²) in [6, 6.07) is 0. The van der Waals surface area contributed by atoms with Crippen molar-refractivity contribution < 1.29 is 23.9 Å². The molecule has 0 aromatic rings. The number of allylic oxidation sites excluding steroid dienone is 1. The fraction of sp³-hybridized carbons (Fsp3) is 0.857. The first-order chi connectivity index (χ1) is 21.4. The van der Waals surface area contributed by atoms with Crippen LogP contribution in [0.1, 0.15) is 141 Å². The number of Topliss-reactive ketones (excluding diaryl/α,β-unsaturated/α-hetero) is 1. The van der Waals surface area contributed by atoms with Gasteiger partial charge in [-0.1, -0.05) is 78.2 Å². The van der Waals surface area contributed by atoms with Gasteiger partial charge >= 0.3 is 0 Å². The Morgan fingerprint density at radius 3 is 1.91 bits per heavy atom. The first-order valence-electron chi connectivity index (χ1n) is 17.2. The molecule has 0 rings (SSSR count). The molecule has 7 N–H and O–H groups in total. The average molecular weight is 725 g/mol. The number of ketones is 1. The molecule has 0 aliphatic heterocycles. The normalized spacial score (nSPS) is 11.6. The SMILES string of the molecule is CC.CC.CC(C)(CCOC(C)(C)CCCNC(=O)CBr)CNC(=O)CC/C(N)=C/NN.CCC(=O)CC(C)(C)OCCC(C)C. The minimum Gasteiger partial charge on any atom is -0.401 e. The van der Waals surface area contributed by atoms with Gasteiger partial charge in [0.1, 0.15) is 5.78 Å². The molecule has 0 heterocycles. The van der Waals surface area contributed by atoms with Gasteiger partial charge in [-0.05, 0) is 71.1 Å². The number of hydrogen-bond acceptors (Lipinski definition) is 8. The van der Waals surface area contributed by atoms with Crippen LogP contribution in [0.2, 0.25) is 0 Å². The van der Waals surface area contributed by atoms with Crippen molar-refractivity contribution in [2.24, 2.45) is 22.9 Å². The molecule has 0 aromatic heterocycles. The average Bonchev–Trinajstić information content (AvgIpc) is 2.98. The highest BCUT2D eigenvalue weighted by molar-refractivity contribution is 9.09. The van der Waals surface area contributed by atoms with E-state index in [1.165, 1.54) is 6.20 Å². The Balaban J connectivity index is -0.000000410. The lowest BCUT2D eigenvalue weighted by molar-refractivity contribution is -0.125. The molecule has 0 aliphatic rings. The Bertz CT molecular complexity index is 802. The van der Waals surface area contributed by atoms with Crippen molar-refractivity contribution in [1.82, 2.24) is 16.1 Å². The zero-order valence-electron chi connectivity index (χ0n) is 31.9. The summed E-state index contributed by atoms with van der Waals surface area (Å²) in [6.07, 6.45) is 7.02. The van der Waals surface area contributed by atoms with Crippen LogP contribution in [0, 0.1) is 11.3 Å². The summed E-state index contributed by atoms with van der Waals surface area (Å²) >= 11 is 3.12. The van der Waals surface area contributed by atoms with Crippen molar-refractivity contribution in [2.75, 3.05) is 31.6 Å². The molecule has 0 radical (unpaired) electrons. The summed E-state index contributed by atoms with van der Waals surface area (Å²) < 4.78 is 11.7. The molecule has 0 bridgehead atoms. The van der Waals surface area contributed by atoms with E-state index in [1.807, 2.05) is 48.5 Å². The summed E-state index contributed by atoms with van der Waals surface area (Å²) in [5.41, 5.74) is 7.97. The van der Waals surface area contributed by atoms with Gasteiger partial charge in [-0.25, -0.2) is 0 Å². The number of amides is 2. The molecule has 2 amide bonds. The lowest BCUT2D eigenvalue weighted by atomic mass is 9.89. The van der Waals surface area contributed by atoms with E-state index in [1.54, 1.807) is 0 Å². The van der Waals surface area contributed by atoms with Crippen molar-refractivity contribution in [3.05, 3.63) is 11.9 Å². The van der Waals surface area contributed by atoms with Crippen molar-refractivity contribution in [2.45, 2.75) is 153 Å². The summed E-state index contributed by atoms with van der Waals surface area (Å²) in [4.78, 5) is 34.4. The van der Waals surface area contributed by atoms with Crippen LogP contribution in [0.5, 0.6) is 0 Å². The third-order valence-electron chi connectivity index (χ3n) is 6.55. The largest absolute Gasteiger partial charge is 0.401 e. The number of hydrogen-bond donors (Lipinski definition) is 5. The topological polar surface area (TPSA) is 158 Å². The van der Waals surface area contributed by atoms with E-state index in [2.05, 4.69) is 73.5 Å². The highest BCUT2D eigenvalue weighted by Gasteiger charge is 2.23. The van der Waals surface area contributed by atoms with Crippen LogP contribution >= 0.6 is 15.9 Å². The molecule has 0 aromatic carbocycles. The number of carbonyl (C=O) groups is 3. The molecule has 0 unspecified atom stereocenters. The Labute approximate surface area is 291 Å². The predicted octanol–water partition coefficient (Wildman–Crippen LogP) is 6.90. The summed E-state index contributed by atoms with van der Waals surface area (Å²) in [7, 11) is 0. The maximum atomic E-state index is 11.9. The number of nitrogens with two attached hydrogens (primary N) is 2. The minimum atomic E-state index is -0.290. The standard InChI is InChI=1S/C19H38BrN5O3.C12H24O2.2C2H6/c1-18(2,14-24-16(26)7-6-15(21)13-25-22)9-11-28-19(3,4)8-5-10-23-17(27)12-20;1-6-11(13)9-12(4,5)14-8-7-10(2)3;2*1-2/h13,25H,5-12,14,21-22H2,1-4H3,(H,23,27)(H,24,26);10H,6-9H2,1-5H3;2*1-2H3/b15-13-;;;. The Kier molecular flexibility index (Phi) is 34.1. The molecule has 0 fully saturated rings. The van der Waals surface area contributed by atoms with E-state index in [0.29, 0.717) is 62.3 Å². The van der Waals surface area contributed by atoms with E-state index < -0.39 is 0 Å². The molecule has 276 valence electrons. The lowest BCUT2D eigenvalue weighted by Crippen LogP contribution is -2.36. The first kappa shape index (κ1) is 51.2. The summed E-state index contributed by atoms with van der Waals surface area (Å²) in [5.74, 6) is 6.04. The Morgan fingerprint density at radius 2 is 1.41 bits per heavy atom. The van der Waals surface area contributed by atoms with Gasteiger partial charge in [-0.15, -0.1) is 0 Å². The third-order valence-corrected chi connectivity index (χ3v) is 7.06. The summed E-state index contributed by atoms with van der Waals surface area (Å²) in [6.45, 7) is 29.1. The number of alkyl halides is 1. The van der Waals surface area contributed by atoms with Gasteiger partial charge in [0, 0.05) is 57.5 Å². The van der Waals surface area contributed by atoms with Crippen LogP contribution in [-0.2, 0) is 23.9 Å². The van der Waals surface area contributed by atoms with Gasteiger partial charge in [0.25, 0.3) is 0 Å². The van der Waals surface area contributed by atoms with Crippen LogP contribution in [0.25, 0.3) is 0 Å². The molecule has 0 saturated heterocycles. The number of carbonyl (C=O) groups excluding carboxylic acids is 3. The monoisotopic (exact) mass is 723 g/mol. The van der Waals surface area contributed by atoms with Gasteiger partial charge in [-0.2, -0.15) is 0 Å².